The number of benzene rings is 4. The summed E-state index contributed by atoms with van der Waals surface area (Å²) in [5.74, 6) is -0.0124. The van der Waals surface area contributed by atoms with Crippen LogP contribution in [0.15, 0.2) is 97.1 Å². The molecule has 0 spiro atoms. The van der Waals surface area contributed by atoms with Crippen molar-refractivity contribution in [3.8, 4) is 23.0 Å². The van der Waals surface area contributed by atoms with E-state index in [9.17, 15) is 38.4 Å². The molecule has 2 amide bonds. The third kappa shape index (κ3) is 23.4. The van der Waals surface area contributed by atoms with E-state index < -0.39 is 49.9 Å². The second kappa shape index (κ2) is 31.2. The summed E-state index contributed by atoms with van der Waals surface area (Å²) >= 11 is 0. The number of nitrogens with one attached hydrogen (secondary N) is 2. The summed E-state index contributed by atoms with van der Waals surface area (Å²) in [5, 5.41) is 5.55. The summed E-state index contributed by atoms with van der Waals surface area (Å²) in [4.78, 5) is 93.1. The van der Waals surface area contributed by atoms with Crippen LogP contribution in [0.25, 0.3) is 0 Å². The molecule has 2 N–H and O–H groups in total. The zero-order valence-electron chi connectivity index (χ0n) is 37.6. The maximum Gasteiger partial charge on any atom is 0.516 e. The third-order valence-electron chi connectivity index (χ3n) is 9.26. The number of rotatable bonds is 22. The van der Waals surface area contributed by atoms with Crippen LogP contribution >= 0.6 is 0 Å². The number of hydrogen-bond donors (Lipinski definition) is 2. The van der Waals surface area contributed by atoms with Gasteiger partial charge in [-0.3, -0.25) is 28.8 Å². The minimum atomic E-state index is -1.02. The Bertz CT molecular complexity index is 2070. The Morgan fingerprint density at radius 2 is 0.721 bits per heavy atom. The number of hydrogen-bond acceptors (Lipinski definition) is 16. The first-order valence-electron chi connectivity index (χ1n) is 20.5. The van der Waals surface area contributed by atoms with Gasteiger partial charge in [-0.25, -0.2) is 9.59 Å². The van der Waals surface area contributed by atoms with Crippen LogP contribution in [-0.4, -0.2) is 87.5 Å². The van der Waals surface area contributed by atoms with Gasteiger partial charge in [0.15, 0.2) is 11.6 Å². The van der Waals surface area contributed by atoms with Crippen molar-refractivity contribution in [1.29, 1.82) is 0 Å². The van der Waals surface area contributed by atoms with Gasteiger partial charge in [-0.05, 0) is 110 Å². The number of amides is 2. The second-order valence-electron chi connectivity index (χ2n) is 14.4. The number of carbonyl (C=O) groups excluding carboxylic acids is 8. The van der Waals surface area contributed by atoms with Crippen molar-refractivity contribution in [3.63, 3.8) is 0 Å². The quantitative estimate of drug-likeness (QED) is 0.0449. The minimum absolute atomic E-state index is 0. The van der Waals surface area contributed by atoms with Gasteiger partial charge in [-0.1, -0.05) is 63.4 Å². The van der Waals surface area contributed by atoms with Crippen molar-refractivity contribution in [2.75, 3.05) is 27.8 Å². The van der Waals surface area contributed by atoms with E-state index in [4.69, 9.17) is 18.9 Å². The van der Waals surface area contributed by atoms with E-state index in [-0.39, 0.29) is 62.6 Å². The molecule has 0 heterocycles. The SMILES string of the molecule is C.C.COc1ccc(CCC(=O)NC(Cc2ccc(OC(=O)OCOC(C)=O)cc2)C(C)=O)cc1.COc1ccc(CCC(=O)NC(Cc2ccc(OC(=O)OCOC(C)=O)cc2)C(C)=O)cc1. The average Bonchev–Trinajstić information content (AvgIpc) is 3.28. The van der Waals surface area contributed by atoms with Gasteiger partial charge in [0.05, 0.1) is 26.3 Å². The Hall–Kier alpha value is -7.76. The maximum atomic E-state index is 12.4. The molecule has 4 aromatic rings. The molecule has 68 heavy (non-hydrogen) atoms. The predicted octanol–water partition coefficient (Wildman–Crippen LogP) is 7.23. The molecule has 4 aromatic carbocycles. The van der Waals surface area contributed by atoms with Gasteiger partial charge < -0.3 is 48.5 Å². The fourth-order valence-electron chi connectivity index (χ4n) is 5.66. The van der Waals surface area contributed by atoms with E-state index >= 15 is 0 Å². The molecule has 0 aliphatic rings. The number of aryl methyl sites for hydroxylation is 2. The molecule has 0 saturated heterocycles. The lowest BCUT2D eigenvalue weighted by molar-refractivity contribution is -0.151. The second-order valence-corrected chi connectivity index (χ2v) is 14.4. The zero-order valence-corrected chi connectivity index (χ0v) is 37.6. The standard InChI is InChI=1S/2C24H27NO8.2CH4/c2*1-16(26)22(25-23(28)13-8-18-4-9-20(30-3)10-5-18)14-19-6-11-21(12-7-19)33-24(29)32-15-31-17(2)27;;/h2*4-7,9-12,22H,8,13-15H2,1-3H3,(H,25,28);2*1H4. The van der Waals surface area contributed by atoms with E-state index in [1.54, 1.807) is 38.5 Å². The van der Waals surface area contributed by atoms with Crippen LogP contribution in [-0.2, 0) is 73.4 Å². The normalized spacial score (nSPS) is 10.8. The first-order valence-corrected chi connectivity index (χ1v) is 20.5. The van der Waals surface area contributed by atoms with Crippen molar-refractivity contribution in [2.45, 2.75) is 93.2 Å². The van der Waals surface area contributed by atoms with Crippen LogP contribution in [0.1, 0.15) is 77.6 Å². The highest BCUT2D eigenvalue weighted by Crippen LogP contribution is 2.18. The van der Waals surface area contributed by atoms with Crippen molar-refractivity contribution in [3.05, 3.63) is 119 Å². The van der Waals surface area contributed by atoms with Gasteiger partial charge in [0.1, 0.15) is 23.0 Å². The monoisotopic (exact) mass is 946 g/mol. The van der Waals surface area contributed by atoms with Gasteiger partial charge in [0.25, 0.3) is 0 Å². The van der Waals surface area contributed by atoms with Crippen LogP contribution in [0.2, 0.25) is 0 Å². The van der Waals surface area contributed by atoms with Gasteiger partial charge >= 0.3 is 24.2 Å². The summed E-state index contributed by atoms with van der Waals surface area (Å²) < 4.78 is 38.3. The lowest BCUT2D eigenvalue weighted by atomic mass is 10.0. The van der Waals surface area contributed by atoms with Crippen molar-refractivity contribution in [2.24, 2.45) is 0 Å². The van der Waals surface area contributed by atoms with Gasteiger partial charge in [-0.2, -0.15) is 0 Å². The van der Waals surface area contributed by atoms with Crippen LogP contribution in [0.5, 0.6) is 23.0 Å². The van der Waals surface area contributed by atoms with Crippen molar-refractivity contribution < 1.29 is 76.3 Å². The first-order chi connectivity index (χ1) is 31.5. The first kappa shape index (κ1) is 58.3. The molecule has 4 rings (SSSR count). The Balaban J connectivity index is 0.000000661. The molecule has 368 valence electrons. The van der Waals surface area contributed by atoms with Crippen molar-refractivity contribution >= 4 is 47.6 Å². The highest BCUT2D eigenvalue weighted by atomic mass is 16.8. The summed E-state index contributed by atoms with van der Waals surface area (Å²) in [6.45, 7) is 4.14. The molecular formula is C50H62N2O16. The molecule has 0 saturated carbocycles. The predicted molar refractivity (Wildman–Crippen MR) is 249 cm³/mol. The summed E-state index contributed by atoms with van der Waals surface area (Å²) in [7, 11) is 3.18. The third-order valence-corrected chi connectivity index (χ3v) is 9.26. The molecule has 2 atom stereocenters. The lowest BCUT2D eigenvalue weighted by Gasteiger charge is -2.16. The van der Waals surface area contributed by atoms with E-state index in [1.165, 1.54) is 52.0 Å². The molecule has 0 aliphatic heterocycles. The minimum Gasteiger partial charge on any atom is -0.497 e. The van der Waals surface area contributed by atoms with Crippen LogP contribution < -0.4 is 29.6 Å². The molecule has 0 aliphatic carbocycles. The van der Waals surface area contributed by atoms with Crippen LogP contribution in [0.3, 0.4) is 0 Å². The number of carbonyl (C=O) groups is 8. The Kier molecular flexibility index (Phi) is 26.7. The molecule has 18 nitrogen and oxygen atoms in total. The van der Waals surface area contributed by atoms with Crippen LogP contribution in [0, 0.1) is 0 Å². The molecule has 0 radical (unpaired) electrons. The largest absolute Gasteiger partial charge is 0.516 e. The number of esters is 2. The van der Waals surface area contributed by atoms with Gasteiger partial charge in [0.2, 0.25) is 25.4 Å². The smallest absolute Gasteiger partial charge is 0.497 e. The number of Topliss-reactive ketones (excluding diaryl/α,β-unsaturated/α-hetero) is 2. The van der Waals surface area contributed by atoms with E-state index in [0.717, 1.165) is 33.8 Å². The van der Waals surface area contributed by atoms with E-state index in [2.05, 4.69) is 29.6 Å². The lowest BCUT2D eigenvalue weighted by Crippen LogP contribution is -2.41. The molecule has 18 heteroatoms. The Morgan fingerprint density at radius 1 is 0.426 bits per heavy atom. The summed E-state index contributed by atoms with van der Waals surface area (Å²) in [6.07, 6.45) is 0.127. The van der Waals surface area contributed by atoms with Crippen LogP contribution in [0.4, 0.5) is 9.59 Å². The zero-order chi connectivity index (χ0) is 48.4. The number of methoxy groups -OCH3 is 2. The topological polar surface area (TPSA) is 234 Å². The fraction of sp³-hybridized carbons (Fsp3) is 0.360. The molecular weight excluding hydrogens is 885 g/mol. The maximum absolute atomic E-state index is 12.4. The molecule has 2 unspecified atom stereocenters. The number of ether oxygens (including phenoxy) is 8. The van der Waals surface area contributed by atoms with E-state index in [0.29, 0.717) is 25.7 Å². The molecule has 0 aromatic heterocycles. The highest BCUT2D eigenvalue weighted by Gasteiger charge is 2.20. The average molecular weight is 947 g/mol. The van der Waals surface area contributed by atoms with Crippen molar-refractivity contribution in [1.82, 2.24) is 10.6 Å². The summed E-state index contributed by atoms with van der Waals surface area (Å²) in [5.41, 5.74) is 3.53. The fourth-order valence-corrected chi connectivity index (χ4v) is 5.66. The number of ketones is 2. The Labute approximate surface area is 396 Å². The highest BCUT2D eigenvalue weighted by molar-refractivity contribution is 5.88. The molecule has 0 fully saturated rings. The van der Waals surface area contributed by atoms with Gasteiger partial charge in [-0.15, -0.1) is 0 Å². The Morgan fingerprint density at radius 3 is 1.00 bits per heavy atom. The van der Waals surface area contributed by atoms with E-state index in [1.807, 2.05) is 48.5 Å². The van der Waals surface area contributed by atoms with Gasteiger partial charge in [0, 0.05) is 26.7 Å². The summed E-state index contributed by atoms with van der Waals surface area (Å²) in [6, 6.07) is 26.4. The molecule has 0 bridgehead atoms.